The summed E-state index contributed by atoms with van der Waals surface area (Å²) in [6.07, 6.45) is 3.47. The van der Waals surface area contributed by atoms with Gasteiger partial charge in [-0.25, -0.2) is 0 Å². The van der Waals surface area contributed by atoms with E-state index in [-0.39, 0.29) is 0 Å². The van der Waals surface area contributed by atoms with Crippen LogP contribution < -0.4 is 19.3 Å². The van der Waals surface area contributed by atoms with Gasteiger partial charge in [0.1, 0.15) is 31.8 Å². The number of ether oxygens (including phenoxy) is 3. The minimum atomic E-state index is 0.357. The molecule has 3 aliphatic heterocycles. The molecule has 4 rings (SSSR count). The SMILES string of the molecule is C[C@H]1C[NH+](C2CC[NH+](Cc3ccc4c(c3)OCO4)CC2)C[C@H](C)O1. The highest BCUT2D eigenvalue weighted by molar-refractivity contribution is 5.44. The molecule has 2 saturated heterocycles. The van der Waals surface area contributed by atoms with Crippen LogP contribution in [0.3, 0.4) is 0 Å². The zero-order chi connectivity index (χ0) is 16.5. The smallest absolute Gasteiger partial charge is 0.231 e. The van der Waals surface area contributed by atoms with Crippen LogP contribution in [0, 0.1) is 0 Å². The molecule has 0 radical (unpaired) electrons. The molecule has 0 bridgehead atoms. The minimum absolute atomic E-state index is 0.357. The fourth-order valence-corrected chi connectivity index (χ4v) is 4.60. The van der Waals surface area contributed by atoms with Crippen molar-refractivity contribution in [1.29, 1.82) is 0 Å². The molecule has 0 spiro atoms. The van der Waals surface area contributed by atoms with Crippen molar-refractivity contribution < 1.29 is 24.0 Å². The van der Waals surface area contributed by atoms with Gasteiger partial charge in [0, 0.05) is 18.4 Å². The molecule has 3 aliphatic rings. The van der Waals surface area contributed by atoms with Crippen LogP contribution in [0.15, 0.2) is 18.2 Å². The van der Waals surface area contributed by atoms with Crippen LogP contribution in [-0.4, -0.2) is 51.2 Å². The summed E-state index contributed by atoms with van der Waals surface area (Å²) in [5.41, 5.74) is 1.36. The van der Waals surface area contributed by atoms with Crippen LogP contribution >= 0.6 is 0 Å². The van der Waals surface area contributed by atoms with Crippen LogP contribution in [-0.2, 0) is 11.3 Å². The average Bonchev–Trinajstić information content (AvgIpc) is 3.02. The lowest BCUT2D eigenvalue weighted by molar-refractivity contribution is -0.970. The first-order valence-corrected chi connectivity index (χ1v) is 9.39. The number of hydrogen-bond acceptors (Lipinski definition) is 3. The molecule has 3 heterocycles. The van der Waals surface area contributed by atoms with Crippen molar-refractivity contribution in [2.45, 2.75) is 51.5 Å². The fraction of sp³-hybridized carbons (Fsp3) is 0.684. The van der Waals surface area contributed by atoms with Crippen LogP contribution in [0.2, 0.25) is 0 Å². The second-order valence-corrected chi connectivity index (χ2v) is 7.71. The Morgan fingerprint density at radius 2 is 1.71 bits per heavy atom. The zero-order valence-electron chi connectivity index (χ0n) is 14.8. The van der Waals surface area contributed by atoms with E-state index in [4.69, 9.17) is 14.2 Å². The van der Waals surface area contributed by atoms with Crippen molar-refractivity contribution in [1.82, 2.24) is 0 Å². The molecule has 5 heteroatoms. The number of hydrogen-bond donors (Lipinski definition) is 2. The molecule has 0 aromatic heterocycles. The Balaban J connectivity index is 1.30. The largest absolute Gasteiger partial charge is 0.454 e. The van der Waals surface area contributed by atoms with Gasteiger partial charge in [-0.2, -0.15) is 0 Å². The first kappa shape index (κ1) is 16.2. The lowest BCUT2D eigenvalue weighted by atomic mass is 10.0. The lowest BCUT2D eigenvalue weighted by Crippen LogP contribution is -3.22. The number of quaternary nitrogens is 2. The lowest BCUT2D eigenvalue weighted by Gasteiger charge is -2.39. The Morgan fingerprint density at radius 1 is 1.00 bits per heavy atom. The number of likely N-dealkylation sites (tertiary alicyclic amines) is 1. The van der Waals surface area contributed by atoms with Crippen molar-refractivity contribution >= 4 is 0 Å². The molecule has 2 fully saturated rings. The van der Waals surface area contributed by atoms with E-state index in [1.165, 1.54) is 44.6 Å². The van der Waals surface area contributed by atoms with Crippen LogP contribution in [0.4, 0.5) is 0 Å². The van der Waals surface area contributed by atoms with E-state index in [0.717, 1.165) is 24.1 Å². The van der Waals surface area contributed by atoms with Gasteiger partial charge < -0.3 is 24.0 Å². The van der Waals surface area contributed by atoms with E-state index in [1.807, 2.05) is 6.07 Å². The van der Waals surface area contributed by atoms with Gasteiger partial charge in [0.05, 0.1) is 19.1 Å². The van der Waals surface area contributed by atoms with E-state index in [9.17, 15) is 0 Å². The second-order valence-electron chi connectivity index (χ2n) is 7.71. The van der Waals surface area contributed by atoms with Gasteiger partial charge in [0.25, 0.3) is 0 Å². The molecule has 1 aromatic rings. The monoisotopic (exact) mass is 334 g/mol. The van der Waals surface area contributed by atoms with Crippen molar-refractivity contribution in [3.63, 3.8) is 0 Å². The van der Waals surface area contributed by atoms with Crippen LogP contribution in [0.25, 0.3) is 0 Å². The second kappa shape index (κ2) is 6.90. The Kier molecular flexibility index (Phi) is 4.66. The summed E-state index contributed by atoms with van der Waals surface area (Å²) in [7, 11) is 0. The van der Waals surface area contributed by atoms with Gasteiger partial charge in [0.2, 0.25) is 6.79 Å². The van der Waals surface area contributed by atoms with Gasteiger partial charge in [-0.1, -0.05) is 0 Å². The fourth-order valence-electron chi connectivity index (χ4n) is 4.60. The maximum absolute atomic E-state index is 5.90. The van der Waals surface area contributed by atoms with E-state index >= 15 is 0 Å². The van der Waals surface area contributed by atoms with Crippen molar-refractivity contribution in [3.8, 4) is 11.5 Å². The number of piperidine rings is 1. The third kappa shape index (κ3) is 3.53. The Labute approximate surface area is 144 Å². The van der Waals surface area contributed by atoms with Gasteiger partial charge >= 0.3 is 0 Å². The summed E-state index contributed by atoms with van der Waals surface area (Å²) in [6.45, 7) is 10.8. The molecule has 0 unspecified atom stereocenters. The molecule has 1 aromatic carbocycles. The van der Waals surface area contributed by atoms with Crippen molar-refractivity contribution in [2.24, 2.45) is 0 Å². The Bertz CT molecular complexity index is 562. The average molecular weight is 334 g/mol. The number of rotatable bonds is 3. The first-order valence-electron chi connectivity index (χ1n) is 9.39. The third-order valence-corrected chi connectivity index (χ3v) is 5.73. The molecule has 2 N–H and O–H groups in total. The summed E-state index contributed by atoms with van der Waals surface area (Å²) >= 11 is 0. The third-order valence-electron chi connectivity index (χ3n) is 5.73. The highest BCUT2D eigenvalue weighted by Crippen LogP contribution is 2.32. The number of benzene rings is 1. The quantitative estimate of drug-likeness (QED) is 0.794. The Morgan fingerprint density at radius 3 is 2.46 bits per heavy atom. The minimum Gasteiger partial charge on any atom is -0.454 e. The molecule has 24 heavy (non-hydrogen) atoms. The van der Waals surface area contributed by atoms with E-state index < -0.39 is 0 Å². The summed E-state index contributed by atoms with van der Waals surface area (Å²) in [4.78, 5) is 3.46. The van der Waals surface area contributed by atoms with Crippen molar-refractivity contribution in [2.75, 3.05) is 33.0 Å². The van der Waals surface area contributed by atoms with E-state index in [0.29, 0.717) is 19.0 Å². The van der Waals surface area contributed by atoms with Gasteiger partial charge in [-0.15, -0.1) is 0 Å². The molecule has 132 valence electrons. The normalized spacial score (nSPS) is 35.8. The van der Waals surface area contributed by atoms with E-state index in [2.05, 4.69) is 26.0 Å². The number of morpholine rings is 1. The number of nitrogens with one attached hydrogen (secondary N) is 2. The summed E-state index contributed by atoms with van der Waals surface area (Å²) in [5.74, 6) is 1.79. The summed E-state index contributed by atoms with van der Waals surface area (Å²) < 4.78 is 16.8. The molecular weight excluding hydrogens is 304 g/mol. The van der Waals surface area contributed by atoms with Gasteiger partial charge in [0.15, 0.2) is 11.5 Å². The maximum atomic E-state index is 5.90. The number of fused-ring (bicyclic) bond motifs is 1. The standard InChI is InChI=1S/C19H28N2O3/c1-14-10-21(11-15(2)24-14)17-5-7-20(8-6-17)12-16-3-4-18-19(9-16)23-13-22-18/h3-4,9,14-15,17H,5-8,10-13H2,1-2H3/p+2/t14-,15-/m0/s1. The molecule has 0 amide bonds. The maximum Gasteiger partial charge on any atom is 0.231 e. The molecule has 0 saturated carbocycles. The van der Waals surface area contributed by atoms with Crippen molar-refractivity contribution in [3.05, 3.63) is 23.8 Å². The molecule has 2 atom stereocenters. The zero-order valence-corrected chi connectivity index (χ0v) is 14.8. The van der Waals surface area contributed by atoms with Crippen LogP contribution in [0.1, 0.15) is 32.3 Å². The molecule has 5 nitrogen and oxygen atoms in total. The first-order chi connectivity index (χ1) is 11.7. The molecule has 0 aliphatic carbocycles. The van der Waals surface area contributed by atoms with E-state index in [1.54, 1.807) is 9.80 Å². The highest BCUT2D eigenvalue weighted by atomic mass is 16.7. The summed E-state index contributed by atoms with van der Waals surface area (Å²) in [5, 5.41) is 0. The van der Waals surface area contributed by atoms with Crippen LogP contribution in [0.5, 0.6) is 11.5 Å². The van der Waals surface area contributed by atoms with Gasteiger partial charge in [-0.3, -0.25) is 0 Å². The summed E-state index contributed by atoms with van der Waals surface area (Å²) in [6, 6.07) is 7.20. The van der Waals surface area contributed by atoms with Gasteiger partial charge in [-0.05, 0) is 32.0 Å². The topological polar surface area (TPSA) is 36.6 Å². The highest BCUT2D eigenvalue weighted by Gasteiger charge is 2.35. The predicted octanol–water partition coefficient (Wildman–Crippen LogP) is -0.345. The predicted molar refractivity (Wildman–Crippen MR) is 90.7 cm³/mol. The molecular formula is C19H30N2O3+2. The Hall–Kier alpha value is -1.30.